The number of anilines is 1. The zero-order valence-electron chi connectivity index (χ0n) is 14.7. The number of amides is 1. The number of benzene rings is 2. The maximum absolute atomic E-state index is 12.1. The molecule has 0 aliphatic carbocycles. The van der Waals surface area contributed by atoms with Crippen molar-refractivity contribution in [3.05, 3.63) is 59.7 Å². The van der Waals surface area contributed by atoms with Gasteiger partial charge in [0.1, 0.15) is 5.75 Å². The quantitative estimate of drug-likeness (QED) is 0.687. The average Bonchev–Trinajstić information content (AvgIpc) is 2.65. The molecule has 2 aromatic rings. The Bertz CT molecular complexity index is 711. The summed E-state index contributed by atoms with van der Waals surface area (Å²) in [7, 11) is 1.58. The summed E-state index contributed by atoms with van der Waals surface area (Å²) in [6, 6.07) is 14.6. The fraction of sp³-hybridized carbons (Fsp3) is 0.300. The Morgan fingerprint density at radius 1 is 1.04 bits per heavy atom. The molecule has 2 rings (SSSR count). The maximum atomic E-state index is 12.1. The van der Waals surface area contributed by atoms with Crippen LogP contribution >= 0.6 is 0 Å². The Labute approximate surface area is 148 Å². The van der Waals surface area contributed by atoms with Gasteiger partial charge in [-0.15, -0.1) is 0 Å². The van der Waals surface area contributed by atoms with Crippen LogP contribution in [0.2, 0.25) is 0 Å². The molecule has 0 radical (unpaired) electrons. The summed E-state index contributed by atoms with van der Waals surface area (Å²) in [4.78, 5) is 24.2. The van der Waals surface area contributed by atoms with Crippen molar-refractivity contribution >= 4 is 17.4 Å². The number of rotatable bonds is 9. The van der Waals surface area contributed by atoms with E-state index in [0.29, 0.717) is 11.3 Å². The summed E-state index contributed by atoms with van der Waals surface area (Å²) in [6.07, 6.45) is 0.331. The van der Waals surface area contributed by atoms with E-state index in [9.17, 15) is 9.59 Å². The third-order valence-electron chi connectivity index (χ3n) is 3.78. The Kier molecular flexibility index (Phi) is 7.16. The predicted octanol–water partition coefficient (Wildman–Crippen LogP) is 3.41. The minimum atomic E-state index is -0.164. The van der Waals surface area contributed by atoms with E-state index in [0.717, 1.165) is 24.3 Å². The highest BCUT2D eigenvalue weighted by atomic mass is 16.5. The van der Waals surface area contributed by atoms with Crippen LogP contribution in [-0.2, 0) is 11.3 Å². The molecule has 0 unspecified atom stereocenters. The molecule has 2 N–H and O–H groups in total. The highest BCUT2D eigenvalue weighted by Gasteiger charge is 2.10. The van der Waals surface area contributed by atoms with Crippen LogP contribution in [0.15, 0.2) is 48.5 Å². The van der Waals surface area contributed by atoms with E-state index in [4.69, 9.17) is 4.74 Å². The topological polar surface area (TPSA) is 67.4 Å². The zero-order chi connectivity index (χ0) is 18.1. The normalized spacial score (nSPS) is 10.3. The number of hydrogen-bond donors (Lipinski definition) is 2. The van der Waals surface area contributed by atoms with Crippen molar-refractivity contribution < 1.29 is 14.3 Å². The standard InChI is InChI=1S/C20H24N2O3/c1-3-21-14-15-5-4-6-17(13-15)22-20(24)12-11-19(23)16-7-9-18(25-2)10-8-16/h4-10,13,21H,3,11-12,14H2,1-2H3,(H,22,24). The van der Waals surface area contributed by atoms with Crippen LogP contribution < -0.4 is 15.4 Å². The molecule has 0 atom stereocenters. The monoisotopic (exact) mass is 340 g/mol. The van der Waals surface area contributed by atoms with E-state index in [1.807, 2.05) is 31.2 Å². The number of hydrogen-bond acceptors (Lipinski definition) is 4. The van der Waals surface area contributed by atoms with Crippen molar-refractivity contribution in [2.24, 2.45) is 0 Å². The molecule has 0 saturated carbocycles. The number of carbonyl (C=O) groups excluding carboxylic acids is 2. The first-order valence-electron chi connectivity index (χ1n) is 8.39. The Balaban J connectivity index is 1.84. The van der Waals surface area contributed by atoms with Crippen LogP contribution in [0.25, 0.3) is 0 Å². The lowest BCUT2D eigenvalue weighted by atomic mass is 10.1. The molecular formula is C20H24N2O3. The van der Waals surface area contributed by atoms with Crippen LogP contribution in [0.5, 0.6) is 5.75 Å². The van der Waals surface area contributed by atoms with Crippen molar-refractivity contribution in [3.63, 3.8) is 0 Å². The Morgan fingerprint density at radius 2 is 1.80 bits per heavy atom. The van der Waals surface area contributed by atoms with Crippen molar-refractivity contribution in [1.29, 1.82) is 0 Å². The maximum Gasteiger partial charge on any atom is 0.224 e. The van der Waals surface area contributed by atoms with Gasteiger partial charge in [0.05, 0.1) is 7.11 Å². The molecule has 0 saturated heterocycles. The van der Waals surface area contributed by atoms with Gasteiger partial charge in [0, 0.05) is 30.6 Å². The number of ether oxygens (including phenoxy) is 1. The lowest BCUT2D eigenvalue weighted by Crippen LogP contribution is -2.15. The van der Waals surface area contributed by atoms with Crippen LogP contribution in [0, 0.1) is 0 Å². The number of carbonyl (C=O) groups is 2. The van der Waals surface area contributed by atoms with Gasteiger partial charge in [-0.2, -0.15) is 0 Å². The van der Waals surface area contributed by atoms with Crippen molar-refractivity contribution in [2.75, 3.05) is 19.0 Å². The van der Waals surface area contributed by atoms with E-state index in [2.05, 4.69) is 10.6 Å². The van der Waals surface area contributed by atoms with Crippen molar-refractivity contribution in [3.8, 4) is 5.75 Å². The molecule has 1 amide bonds. The molecule has 0 aromatic heterocycles. The van der Waals surface area contributed by atoms with E-state index in [1.165, 1.54) is 0 Å². The zero-order valence-corrected chi connectivity index (χ0v) is 14.7. The molecule has 0 aliphatic heterocycles. The number of Topliss-reactive ketones (excluding diaryl/α,β-unsaturated/α-hetero) is 1. The summed E-state index contributed by atoms with van der Waals surface area (Å²) >= 11 is 0. The van der Waals surface area contributed by atoms with Crippen molar-refractivity contribution in [2.45, 2.75) is 26.3 Å². The first-order valence-corrected chi connectivity index (χ1v) is 8.39. The molecule has 0 aliphatic rings. The summed E-state index contributed by atoms with van der Waals surface area (Å²) in [6.45, 7) is 3.70. The van der Waals surface area contributed by atoms with Crippen LogP contribution in [-0.4, -0.2) is 25.3 Å². The first kappa shape index (κ1) is 18.7. The van der Waals surface area contributed by atoms with Gasteiger partial charge in [0.2, 0.25) is 5.91 Å². The minimum Gasteiger partial charge on any atom is -0.497 e. The highest BCUT2D eigenvalue weighted by Crippen LogP contribution is 2.14. The van der Waals surface area contributed by atoms with Crippen LogP contribution in [0.3, 0.4) is 0 Å². The largest absolute Gasteiger partial charge is 0.497 e. The smallest absolute Gasteiger partial charge is 0.224 e. The van der Waals surface area contributed by atoms with Crippen LogP contribution in [0.1, 0.15) is 35.7 Å². The fourth-order valence-corrected chi connectivity index (χ4v) is 2.40. The van der Waals surface area contributed by atoms with Crippen molar-refractivity contribution in [1.82, 2.24) is 5.32 Å². The van der Waals surface area contributed by atoms with Gasteiger partial charge >= 0.3 is 0 Å². The SMILES string of the molecule is CCNCc1cccc(NC(=O)CCC(=O)c2ccc(OC)cc2)c1. The van der Waals surface area contributed by atoms with Gasteiger partial charge in [-0.3, -0.25) is 9.59 Å². The molecule has 25 heavy (non-hydrogen) atoms. The molecule has 5 heteroatoms. The molecule has 0 bridgehead atoms. The Hall–Kier alpha value is -2.66. The minimum absolute atomic E-state index is 0.0568. The third kappa shape index (κ3) is 6.04. The lowest BCUT2D eigenvalue weighted by molar-refractivity contribution is -0.116. The van der Waals surface area contributed by atoms with Crippen LogP contribution in [0.4, 0.5) is 5.69 Å². The average molecular weight is 340 g/mol. The summed E-state index contributed by atoms with van der Waals surface area (Å²) in [5, 5.41) is 6.09. The molecule has 0 spiro atoms. The lowest BCUT2D eigenvalue weighted by Gasteiger charge is -2.08. The molecule has 0 fully saturated rings. The first-order chi connectivity index (χ1) is 12.1. The highest BCUT2D eigenvalue weighted by molar-refractivity contribution is 6.00. The van der Waals surface area contributed by atoms with E-state index < -0.39 is 0 Å². The molecule has 5 nitrogen and oxygen atoms in total. The van der Waals surface area contributed by atoms with Gasteiger partial charge in [-0.25, -0.2) is 0 Å². The van der Waals surface area contributed by atoms with Gasteiger partial charge in [0.25, 0.3) is 0 Å². The van der Waals surface area contributed by atoms with Gasteiger partial charge in [-0.1, -0.05) is 19.1 Å². The predicted molar refractivity (Wildman–Crippen MR) is 99.0 cm³/mol. The number of methoxy groups -OCH3 is 1. The number of nitrogens with one attached hydrogen (secondary N) is 2. The second kappa shape index (κ2) is 9.59. The van der Waals surface area contributed by atoms with E-state index in [1.54, 1.807) is 31.4 Å². The molecule has 2 aromatic carbocycles. The van der Waals surface area contributed by atoms with Gasteiger partial charge in [-0.05, 0) is 48.5 Å². The summed E-state index contributed by atoms with van der Waals surface area (Å²) in [5.41, 5.74) is 2.44. The molecular weight excluding hydrogens is 316 g/mol. The second-order valence-corrected chi connectivity index (χ2v) is 5.68. The summed E-state index contributed by atoms with van der Waals surface area (Å²) < 4.78 is 5.07. The third-order valence-corrected chi connectivity index (χ3v) is 3.78. The summed E-state index contributed by atoms with van der Waals surface area (Å²) in [5.74, 6) is 0.480. The van der Waals surface area contributed by atoms with Gasteiger partial charge in [0.15, 0.2) is 5.78 Å². The van der Waals surface area contributed by atoms with E-state index in [-0.39, 0.29) is 24.5 Å². The molecule has 132 valence electrons. The Morgan fingerprint density at radius 3 is 2.48 bits per heavy atom. The number of ketones is 1. The van der Waals surface area contributed by atoms with E-state index >= 15 is 0 Å². The van der Waals surface area contributed by atoms with Gasteiger partial charge < -0.3 is 15.4 Å². The second-order valence-electron chi connectivity index (χ2n) is 5.68. The fourth-order valence-electron chi connectivity index (χ4n) is 2.40. The molecule has 0 heterocycles.